The lowest BCUT2D eigenvalue weighted by Crippen LogP contribution is -2.56. The van der Waals surface area contributed by atoms with Crippen molar-refractivity contribution in [2.45, 2.75) is 13.1 Å². The number of fused-ring (bicyclic) bond motifs is 2. The van der Waals surface area contributed by atoms with Crippen LogP contribution in [0.1, 0.15) is 0 Å². The van der Waals surface area contributed by atoms with Crippen molar-refractivity contribution in [2.24, 2.45) is 0 Å². The van der Waals surface area contributed by atoms with Gasteiger partial charge in [0.15, 0.2) is 0 Å². The molecule has 4 heteroatoms. The molecule has 0 radical (unpaired) electrons. The minimum absolute atomic E-state index is 0.279. The molecule has 0 atom stereocenters. The first-order valence-corrected chi connectivity index (χ1v) is 27.0. The molecule has 12 rings (SSSR count). The van der Waals surface area contributed by atoms with E-state index >= 15 is 4.39 Å². The molecule has 0 unspecified atom stereocenters. The number of rotatable bonds is 10. The molecular formula is C66H49FN2Si. The van der Waals surface area contributed by atoms with Crippen molar-refractivity contribution >= 4 is 63.3 Å². The fraction of sp³-hybridized carbons (Fsp3) is 0.0303. The van der Waals surface area contributed by atoms with Gasteiger partial charge >= 0.3 is 0 Å². The van der Waals surface area contributed by atoms with Crippen molar-refractivity contribution in [3.63, 3.8) is 0 Å². The number of anilines is 6. The molecule has 1 aliphatic heterocycles. The summed E-state index contributed by atoms with van der Waals surface area (Å²) >= 11 is 0. The molecule has 0 aromatic heterocycles. The number of hydrogen-bond acceptors (Lipinski definition) is 2. The van der Waals surface area contributed by atoms with Crippen molar-refractivity contribution < 1.29 is 4.39 Å². The first-order chi connectivity index (χ1) is 34.4. The molecule has 0 N–H and O–H groups in total. The normalized spacial score (nSPS) is 12.3. The summed E-state index contributed by atoms with van der Waals surface area (Å²) in [5.74, 6) is -0.279. The van der Waals surface area contributed by atoms with Crippen LogP contribution in [0.15, 0.2) is 261 Å². The Labute approximate surface area is 410 Å². The van der Waals surface area contributed by atoms with Crippen LogP contribution < -0.4 is 20.2 Å². The van der Waals surface area contributed by atoms with E-state index in [4.69, 9.17) is 0 Å². The predicted octanol–water partition coefficient (Wildman–Crippen LogP) is 17.4. The molecule has 0 fully saturated rings. The topological polar surface area (TPSA) is 6.48 Å². The second kappa shape index (κ2) is 17.8. The van der Waals surface area contributed by atoms with Crippen LogP contribution >= 0.6 is 0 Å². The minimum Gasteiger partial charge on any atom is -0.310 e. The predicted molar refractivity (Wildman–Crippen MR) is 297 cm³/mol. The number of nitrogens with zero attached hydrogens (tertiary/aromatic N) is 2. The molecule has 0 amide bonds. The van der Waals surface area contributed by atoms with Crippen LogP contribution in [0.5, 0.6) is 0 Å². The van der Waals surface area contributed by atoms with Crippen molar-refractivity contribution in [1.29, 1.82) is 0 Å². The molecule has 0 saturated heterocycles. The van der Waals surface area contributed by atoms with E-state index in [-0.39, 0.29) is 5.82 Å². The zero-order valence-electron chi connectivity index (χ0n) is 39.1. The van der Waals surface area contributed by atoms with Gasteiger partial charge < -0.3 is 9.80 Å². The molecule has 1 aliphatic rings. The molecule has 2 nitrogen and oxygen atoms in total. The fourth-order valence-corrected chi connectivity index (χ4v) is 13.8. The average Bonchev–Trinajstić information content (AvgIpc) is 3.42. The van der Waals surface area contributed by atoms with Gasteiger partial charge in [-0.3, -0.25) is 0 Å². The summed E-state index contributed by atoms with van der Waals surface area (Å²) in [6, 6.07) is 91.7. The summed E-state index contributed by atoms with van der Waals surface area (Å²) in [6.07, 6.45) is 0. The lowest BCUT2D eigenvalue weighted by Gasteiger charge is -2.36. The molecule has 1 heterocycles. The van der Waals surface area contributed by atoms with Gasteiger partial charge in [-0.25, -0.2) is 4.39 Å². The molecule has 0 spiro atoms. The number of hydrogen-bond donors (Lipinski definition) is 0. The van der Waals surface area contributed by atoms with E-state index in [1.165, 1.54) is 54.5 Å². The summed E-state index contributed by atoms with van der Waals surface area (Å²) < 4.78 is 17.4. The van der Waals surface area contributed by atoms with Crippen LogP contribution in [-0.2, 0) is 0 Å². The van der Waals surface area contributed by atoms with Crippen molar-refractivity contribution in [1.82, 2.24) is 0 Å². The summed E-state index contributed by atoms with van der Waals surface area (Å²) in [5, 5.41) is 5.33. The van der Waals surface area contributed by atoms with Crippen LogP contribution in [0.3, 0.4) is 0 Å². The molecule has 0 bridgehead atoms. The SMILES string of the molecule is C[Si]1(C)c2cc(N(c3ccccc3)c3c(F)cc(-c4ccccc4)cc3-c3ccccc3)ccc2-c2ccc(-c3ccc(N(c4ccccc4)c4ccccc4-c4ccccc4)cc3)c3cccc1c23. The van der Waals surface area contributed by atoms with Crippen molar-refractivity contribution in [2.75, 3.05) is 9.80 Å². The third-order valence-corrected chi connectivity index (χ3v) is 17.6. The monoisotopic (exact) mass is 916 g/mol. The Balaban J connectivity index is 0.968. The maximum atomic E-state index is 17.4. The second-order valence-electron chi connectivity index (χ2n) is 18.6. The maximum absolute atomic E-state index is 17.4. The fourth-order valence-electron chi connectivity index (χ4n) is 10.7. The van der Waals surface area contributed by atoms with Gasteiger partial charge in [0.25, 0.3) is 0 Å². The molecular weight excluding hydrogens is 868 g/mol. The van der Waals surface area contributed by atoms with Gasteiger partial charge in [-0.15, -0.1) is 0 Å². The highest BCUT2D eigenvalue weighted by atomic mass is 28.3. The van der Waals surface area contributed by atoms with Crippen LogP contribution in [0.4, 0.5) is 38.5 Å². The highest BCUT2D eigenvalue weighted by Crippen LogP contribution is 2.47. The third-order valence-electron chi connectivity index (χ3n) is 14.1. The van der Waals surface area contributed by atoms with Crippen LogP contribution in [0, 0.1) is 5.82 Å². The van der Waals surface area contributed by atoms with Gasteiger partial charge in [0, 0.05) is 33.9 Å². The lowest BCUT2D eigenvalue weighted by atomic mass is 9.91. The Morgan fingerprint density at radius 2 is 0.814 bits per heavy atom. The molecule has 11 aromatic carbocycles. The van der Waals surface area contributed by atoms with Gasteiger partial charge in [0.2, 0.25) is 0 Å². The standard InChI is InChI=1S/C66H49FN2Si/c1-70(2)63-34-20-32-58-55(49-35-37-53(38-36-49)68(51-27-14-6-15-28-51)62-33-19-18-31-56(62)47-23-10-4-11-24-47)41-42-59(65(58)63)57-40-39-54(45-64(57)70)69(52-29-16-7-17-30-52)66-60(48-25-12-5-13-26-48)43-50(44-61(66)67)46-21-8-3-9-22-46/h3-45H,1-2H3. The summed E-state index contributed by atoms with van der Waals surface area (Å²) in [5.41, 5.74) is 16.5. The molecule has 11 aromatic rings. The minimum atomic E-state index is -2.37. The Hall–Kier alpha value is -8.57. The van der Waals surface area contributed by atoms with Crippen LogP contribution in [0.25, 0.3) is 66.4 Å². The van der Waals surface area contributed by atoms with E-state index in [0.29, 0.717) is 5.69 Å². The molecule has 0 saturated carbocycles. The van der Waals surface area contributed by atoms with Gasteiger partial charge in [0.05, 0.1) is 11.4 Å². The summed E-state index contributed by atoms with van der Waals surface area (Å²) in [7, 11) is -2.37. The number of benzene rings is 11. The first-order valence-electron chi connectivity index (χ1n) is 24.0. The zero-order chi connectivity index (χ0) is 47.2. The zero-order valence-corrected chi connectivity index (χ0v) is 40.1. The van der Waals surface area contributed by atoms with Gasteiger partial charge in [0.1, 0.15) is 13.9 Å². The highest BCUT2D eigenvalue weighted by Gasteiger charge is 2.37. The largest absolute Gasteiger partial charge is 0.310 e. The summed E-state index contributed by atoms with van der Waals surface area (Å²) in [4.78, 5) is 4.48. The van der Waals surface area contributed by atoms with Gasteiger partial charge in [-0.1, -0.05) is 207 Å². The Bertz CT molecular complexity index is 3670. The molecule has 70 heavy (non-hydrogen) atoms. The highest BCUT2D eigenvalue weighted by molar-refractivity contribution is 7.03. The maximum Gasteiger partial charge on any atom is 0.148 e. The lowest BCUT2D eigenvalue weighted by molar-refractivity contribution is 0.630. The Morgan fingerprint density at radius 1 is 0.314 bits per heavy atom. The first kappa shape index (κ1) is 42.8. The second-order valence-corrected chi connectivity index (χ2v) is 22.9. The van der Waals surface area contributed by atoms with Crippen LogP contribution in [0.2, 0.25) is 13.1 Å². The van der Waals surface area contributed by atoms with Crippen molar-refractivity contribution in [3.8, 4) is 55.6 Å². The van der Waals surface area contributed by atoms with Gasteiger partial charge in [-0.2, -0.15) is 0 Å². The molecule has 334 valence electrons. The quantitative estimate of drug-likeness (QED) is 0.126. The third kappa shape index (κ3) is 7.50. The van der Waals surface area contributed by atoms with E-state index in [2.05, 4.69) is 211 Å². The molecule has 0 aliphatic carbocycles. The van der Waals surface area contributed by atoms with E-state index in [0.717, 1.165) is 50.7 Å². The van der Waals surface area contributed by atoms with E-state index in [9.17, 15) is 0 Å². The van der Waals surface area contributed by atoms with E-state index in [1.54, 1.807) is 6.07 Å². The number of halogens is 1. The van der Waals surface area contributed by atoms with Crippen LogP contribution in [-0.4, -0.2) is 8.07 Å². The average molecular weight is 917 g/mol. The van der Waals surface area contributed by atoms with Crippen molar-refractivity contribution in [3.05, 3.63) is 267 Å². The Morgan fingerprint density at radius 3 is 1.47 bits per heavy atom. The smallest absolute Gasteiger partial charge is 0.148 e. The Kier molecular flexibility index (Phi) is 10.9. The number of para-hydroxylation sites is 3. The summed E-state index contributed by atoms with van der Waals surface area (Å²) in [6.45, 7) is 4.94. The van der Waals surface area contributed by atoms with E-state index < -0.39 is 8.07 Å². The van der Waals surface area contributed by atoms with E-state index in [1.807, 2.05) is 66.7 Å². The van der Waals surface area contributed by atoms with Gasteiger partial charge in [-0.05, 0) is 132 Å².